The number of furan rings is 1. The highest BCUT2D eigenvalue weighted by molar-refractivity contribution is 6.01. The summed E-state index contributed by atoms with van der Waals surface area (Å²) in [6, 6.07) is 15.2. The summed E-state index contributed by atoms with van der Waals surface area (Å²) in [4.78, 5) is 21.6. The molecule has 0 aliphatic carbocycles. The van der Waals surface area contributed by atoms with Crippen molar-refractivity contribution in [2.45, 2.75) is 13.5 Å². The molecule has 0 unspecified atom stereocenters. The topological polar surface area (TPSA) is 87.0 Å². The summed E-state index contributed by atoms with van der Waals surface area (Å²) in [5.74, 6) is 0.821. The summed E-state index contributed by atoms with van der Waals surface area (Å²) in [5.41, 5.74) is 3.06. The molecule has 0 bridgehead atoms. The molecule has 3 aromatic heterocycles. The monoisotopic (exact) mass is 358 g/mol. The van der Waals surface area contributed by atoms with Crippen molar-refractivity contribution < 1.29 is 8.94 Å². The molecule has 2 aromatic carbocycles. The number of aromatic nitrogens is 4. The highest BCUT2D eigenvalue weighted by atomic mass is 16.5. The third kappa shape index (κ3) is 2.52. The normalized spacial score (nSPS) is 11.4. The van der Waals surface area contributed by atoms with E-state index >= 15 is 0 Å². The minimum absolute atomic E-state index is 0.123. The first-order chi connectivity index (χ1) is 13.2. The molecule has 3 heterocycles. The van der Waals surface area contributed by atoms with E-state index in [1.54, 1.807) is 0 Å². The van der Waals surface area contributed by atoms with Crippen molar-refractivity contribution in [3.05, 3.63) is 76.7 Å². The van der Waals surface area contributed by atoms with Gasteiger partial charge < -0.3 is 8.94 Å². The Morgan fingerprint density at radius 2 is 1.89 bits per heavy atom. The molecule has 0 saturated carbocycles. The molecule has 5 aromatic rings. The minimum Gasteiger partial charge on any atom is -0.448 e. The second-order valence-corrected chi connectivity index (χ2v) is 6.28. The predicted octanol–water partition coefficient (Wildman–Crippen LogP) is 3.55. The van der Waals surface area contributed by atoms with Gasteiger partial charge in [-0.25, -0.2) is 4.98 Å². The van der Waals surface area contributed by atoms with Gasteiger partial charge in [-0.2, -0.15) is 4.98 Å². The van der Waals surface area contributed by atoms with Crippen molar-refractivity contribution >= 4 is 22.1 Å². The van der Waals surface area contributed by atoms with Gasteiger partial charge in [-0.1, -0.05) is 41.6 Å². The van der Waals surface area contributed by atoms with Crippen LogP contribution >= 0.6 is 0 Å². The van der Waals surface area contributed by atoms with Gasteiger partial charge in [-0.3, -0.25) is 9.36 Å². The van der Waals surface area contributed by atoms with Crippen LogP contribution in [-0.4, -0.2) is 19.7 Å². The second kappa shape index (κ2) is 5.91. The fourth-order valence-electron chi connectivity index (χ4n) is 3.13. The lowest BCUT2D eigenvalue weighted by Gasteiger charge is -2.00. The molecule has 0 N–H and O–H groups in total. The van der Waals surface area contributed by atoms with E-state index in [4.69, 9.17) is 8.94 Å². The van der Waals surface area contributed by atoms with Gasteiger partial charge in [0.25, 0.3) is 5.56 Å². The van der Waals surface area contributed by atoms with Crippen molar-refractivity contribution in [3.63, 3.8) is 0 Å². The number of nitrogens with zero attached hydrogens (tertiary/aromatic N) is 4. The molecule has 7 nitrogen and oxygen atoms in total. The Labute approximate surface area is 152 Å². The van der Waals surface area contributed by atoms with Gasteiger partial charge in [0.15, 0.2) is 0 Å². The Hall–Kier alpha value is -3.74. The van der Waals surface area contributed by atoms with E-state index in [2.05, 4.69) is 15.1 Å². The Balaban J connectivity index is 1.54. The van der Waals surface area contributed by atoms with Crippen LogP contribution in [0, 0.1) is 6.92 Å². The van der Waals surface area contributed by atoms with Gasteiger partial charge >= 0.3 is 0 Å². The zero-order valence-electron chi connectivity index (χ0n) is 14.4. The van der Waals surface area contributed by atoms with Crippen LogP contribution in [0.3, 0.4) is 0 Å². The fourth-order valence-corrected chi connectivity index (χ4v) is 3.13. The van der Waals surface area contributed by atoms with Gasteiger partial charge in [0.1, 0.15) is 17.6 Å². The largest absolute Gasteiger partial charge is 0.448 e. The standard InChI is InChI=1S/C20H14N4O3/c1-12-6-2-3-7-13(12)19-22-16(27-23-19)10-24-11-21-17-14-8-4-5-9-15(14)26-18(17)20(24)25/h2-9,11H,10H2,1H3. The lowest BCUT2D eigenvalue weighted by atomic mass is 10.1. The van der Waals surface area contributed by atoms with E-state index in [1.807, 2.05) is 55.5 Å². The molecule has 27 heavy (non-hydrogen) atoms. The smallest absolute Gasteiger partial charge is 0.297 e. The molecule has 7 heteroatoms. The van der Waals surface area contributed by atoms with Gasteiger partial charge in [0, 0.05) is 10.9 Å². The van der Waals surface area contributed by atoms with E-state index in [-0.39, 0.29) is 17.7 Å². The van der Waals surface area contributed by atoms with Gasteiger partial charge in [-0.05, 0) is 24.6 Å². The molecule has 0 amide bonds. The van der Waals surface area contributed by atoms with Gasteiger partial charge in [-0.15, -0.1) is 0 Å². The minimum atomic E-state index is -0.285. The lowest BCUT2D eigenvalue weighted by Crippen LogP contribution is -2.20. The molecule has 132 valence electrons. The molecule has 0 aliphatic rings. The first-order valence-corrected chi connectivity index (χ1v) is 8.46. The number of para-hydroxylation sites is 1. The first-order valence-electron chi connectivity index (χ1n) is 8.46. The van der Waals surface area contributed by atoms with Crippen LogP contribution in [0.1, 0.15) is 11.5 Å². The van der Waals surface area contributed by atoms with Crippen LogP contribution in [0.5, 0.6) is 0 Å². The maximum Gasteiger partial charge on any atom is 0.297 e. The summed E-state index contributed by atoms with van der Waals surface area (Å²) < 4.78 is 12.4. The van der Waals surface area contributed by atoms with E-state index in [0.717, 1.165) is 16.5 Å². The van der Waals surface area contributed by atoms with E-state index < -0.39 is 0 Å². The lowest BCUT2D eigenvalue weighted by molar-refractivity contribution is 0.369. The summed E-state index contributed by atoms with van der Waals surface area (Å²) in [5, 5.41) is 4.84. The van der Waals surface area contributed by atoms with Crippen LogP contribution in [0.15, 0.2) is 68.6 Å². The SMILES string of the molecule is Cc1ccccc1-c1noc(Cn2cnc3c(oc4ccccc43)c2=O)n1. The molecule has 0 radical (unpaired) electrons. The zero-order valence-corrected chi connectivity index (χ0v) is 14.4. The number of benzene rings is 2. The molecular formula is C20H14N4O3. The molecule has 0 saturated heterocycles. The van der Waals surface area contributed by atoms with Crippen molar-refractivity contribution in [3.8, 4) is 11.4 Å². The Morgan fingerprint density at radius 3 is 2.78 bits per heavy atom. The molecular weight excluding hydrogens is 344 g/mol. The molecule has 0 aliphatic heterocycles. The Morgan fingerprint density at radius 1 is 1.07 bits per heavy atom. The van der Waals surface area contributed by atoms with Crippen LogP contribution in [0.4, 0.5) is 0 Å². The summed E-state index contributed by atoms with van der Waals surface area (Å²) >= 11 is 0. The number of hydrogen-bond donors (Lipinski definition) is 0. The quantitative estimate of drug-likeness (QED) is 0.490. The van der Waals surface area contributed by atoms with Crippen molar-refractivity contribution in [2.24, 2.45) is 0 Å². The summed E-state index contributed by atoms with van der Waals surface area (Å²) in [6.45, 7) is 2.10. The highest BCUT2D eigenvalue weighted by Crippen LogP contribution is 2.24. The van der Waals surface area contributed by atoms with Crippen LogP contribution in [0.2, 0.25) is 0 Å². The van der Waals surface area contributed by atoms with Crippen LogP contribution < -0.4 is 5.56 Å². The number of rotatable bonds is 3. The summed E-state index contributed by atoms with van der Waals surface area (Å²) in [7, 11) is 0. The first kappa shape index (κ1) is 15.5. The number of fused-ring (bicyclic) bond motifs is 3. The third-order valence-corrected chi connectivity index (χ3v) is 4.51. The Kier molecular flexibility index (Phi) is 3.39. The van der Waals surface area contributed by atoms with Crippen LogP contribution in [0.25, 0.3) is 33.5 Å². The van der Waals surface area contributed by atoms with Gasteiger partial charge in [0.05, 0.1) is 6.33 Å². The predicted molar refractivity (Wildman–Crippen MR) is 99.3 cm³/mol. The maximum absolute atomic E-state index is 12.8. The second-order valence-electron chi connectivity index (χ2n) is 6.28. The van der Waals surface area contributed by atoms with E-state index in [9.17, 15) is 4.79 Å². The van der Waals surface area contributed by atoms with Crippen molar-refractivity contribution in [2.75, 3.05) is 0 Å². The fraction of sp³-hybridized carbons (Fsp3) is 0.100. The number of aryl methyl sites for hydroxylation is 1. The van der Waals surface area contributed by atoms with Gasteiger partial charge in [0.2, 0.25) is 17.3 Å². The molecule has 5 rings (SSSR count). The van der Waals surface area contributed by atoms with Crippen molar-refractivity contribution in [1.82, 2.24) is 19.7 Å². The maximum atomic E-state index is 12.8. The van der Waals surface area contributed by atoms with E-state index in [1.165, 1.54) is 10.9 Å². The average molecular weight is 358 g/mol. The highest BCUT2D eigenvalue weighted by Gasteiger charge is 2.16. The third-order valence-electron chi connectivity index (χ3n) is 4.51. The van der Waals surface area contributed by atoms with Crippen LogP contribution in [-0.2, 0) is 6.54 Å². The summed E-state index contributed by atoms with van der Waals surface area (Å²) in [6.07, 6.45) is 1.48. The van der Waals surface area contributed by atoms with Crippen molar-refractivity contribution in [1.29, 1.82) is 0 Å². The number of hydrogen-bond acceptors (Lipinski definition) is 6. The molecule has 0 fully saturated rings. The molecule has 0 atom stereocenters. The average Bonchev–Trinajstić information content (AvgIpc) is 3.29. The zero-order chi connectivity index (χ0) is 18.4. The Bertz CT molecular complexity index is 1350. The molecule has 0 spiro atoms. The van der Waals surface area contributed by atoms with E-state index in [0.29, 0.717) is 22.8 Å².